The van der Waals surface area contributed by atoms with Crippen LogP contribution >= 0.6 is 0 Å². The fourth-order valence-corrected chi connectivity index (χ4v) is 2.31. The summed E-state index contributed by atoms with van der Waals surface area (Å²) in [7, 11) is 0. The second-order valence-electron chi connectivity index (χ2n) is 6.29. The first kappa shape index (κ1) is 16.9. The molecule has 1 aromatic heterocycles. The normalized spacial score (nSPS) is 11.1. The van der Waals surface area contributed by atoms with Gasteiger partial charge in [-0.05, 0) is 31.2 Å². The summed E-state index contributed by atoms with van der Waals surface area (Å²) in [6.45, 7) is 9.21. The molecule has 0 aliphatic carbocycles. The first-order chi connectivity index (χ1) is 10.9. The van der Waals surface area contributed by atoms with Gasteiger partial charge in [-0.25, -0.2) is 9.97 Å². The van der Waals surface area contributed by atoms with Gasteiger partial charge in [0, 0.05) is 29.3 Å². The minimum absolute atomic E-state index is 0.0951. The molecule has 0 aliphatic rings. The van der Waals surface area contributed by atoms with Crippen molar-refractivity contribution in [2.24, 2.45) is 0 Å². The van der Waals surface area contributed by atoms with E-state index in [1.165, 1.54) is 0 Å². The van der Waals surface area contributed by atoms with Gasteiger partial charge in [-0.1, -0.05) is 20.8 Å². The molecule has 5 nitrogen and oxygen atoms in total. The lowest BCUT2D eigenvalue weighted by molar-refractivity contribution is 0.0950. The third-order valence-electron chi connectivity index (χ3n) is 3.37. The Morgan fingerprint density at radius 2 is 1.91 bits per heavy atom. The average Bonchev–Trinajstić information content (AvgIpc) is 2.53. The van der Waals surface area contributed by atoms with Crippen molar-refractivity contribution in [3.63, 3.8) is 0 Å². The van der Waals surface area contributed by atoms with E-state index in [0.29, 0.717) is 18.7 Å². The minimum Gasteiger partial charge on any atom is -0.494 e. The summed E-state index contributed by atoms with van der Waals surface area (Å²) in [6, 6.07) is 7.11. The van der Waals surface area contributed by atoms with Crippen LogP contribution in [0.15, 0.2) is 36.8 Å². The zero-order chi connectivity index (χ0) is 16.9. The fourth-order valence-electron chi connectivity index (χ4n) is 2.31. The average molecular weight is 313 g/mol. The number of ether oxygens (including phenoxy) is 1. The third kappa shape index (κ3) is 4.52. The topological polar surface area (TPSA) is 64.1 Å². The zero-order valence-electron chi connectivity index (χ0n) is 14.1. The number of nitrogens with zero attached hydrogens (tertiary/aromatic N) is 2. The molecule has 2 rings (SSSR count). The Kier molecular flexibility index (Phi) is 5.32. The summed E-state index contributed by atoms with van der Waals surface area (Å²) in [6.07, 6.45) is 3.30. The van der Waals surface area contributed by atoms with Gasteiger partial charge in [0.05, 0.1) is 12.3 Å². The Morgan fingerprint density at radius 3 is 2.52 bits per heavy atom. The monoisotopic (exact) mass is 313 g/mol. The molecule has 1 amide bonds. The molecule has 0 radical (unpaired) electrons. The van der Waals surface area contributed by atoms with Crippen LogP contribution in [0.25, 0.3) is 0 Å². The van der Waals surface area contributed by atoms with E-state index in [-0.39, 0.29) is 11.3 Å². The van der Waals surface area contributed by atoms with Crippen LogP contribution in [-0.2, 0) is 12.0 Å². The van der Waals surface area contributed by atoms with Gasteiger partial charge < -0.3 is 10.1 Å². The van der Waals surface area contributed by atoms with E-state index < -0.39 is 0 Å². The molecule has 0 saturated heterocycles. The SMILES string of the molecule is CCOc1ccc(C(=O)NCc2cncnc2C(C)(C)C)cc1. The van der Waals surface area contributed by atoms with Gasteiger partial charge in [-0.3, -0.25) is 4.79 Å². The van der Waals surface area contributed by atoms with Crippen molar-refractivity contribution in [2.75, 3.05) is 6.61 Å². The number of amides is 1. The molecule has 0 atom stereocenters. The Labute approximate surface area is 137 Å². The van der Waals surface area contributed by atoms with Gasteiger partial charge in [0.25, 0.3) is 5.91 Å². The van der Waals surface area contributed by atoms with Gasteiger partial charge in [0.15, 0.2) is 0 Å². The number of benzene rings is 1. The summed E-state index contributed by atoms with van der Waals surface area (Å²) in [4.78, 5) is 20.7. The van der Waals surface area contributed by atoms with E-state index in [1.807, 2.05) is 6.92 Å². The lowest BCUT2D eigenvalue weighted by Gasteiger charge is -2.21. The molecule has 0 bridgehead atoms. The molecular weight excluding hydrogens is 290 g/mol. The van der Waals surface area contributed by atoms with E-state index in [4.69, 9.17) is 4.74 Å². The molecule has 0 spiro atoms. The van der Waals surface area contributed by atoms with Crippen molar-refractivity contribution in [1.29, 1.82) is 0 Å². The fraction of sp³-hybridized carbons (Fsp3) is 0.389. The van der Waals surface area contributed by atoms with Gasteiger partial charge in [-0.15, -0.1) is 0 Å². The molecule has 0 unspecified atom stereocenters. The smallest absolute Gasteiger partial charge is 0.251 e. The van der Waals surface area contributed by atoms with Crippen LogP contribution in [0.2, 0.25) is 0 Å². The number of carbonyl (C=O) groups excluding carboxylic acids is 1. The van der Waals surface area contributed by atoms with Crippen LogP contribution in [-0.4, -0.2) is 22.5 Å². The molecule has 122 valence electrons. The first-order valence-corrected chi connectivity index (χ1v) is 7.72. The molecule has 1 N–H and O–H groups in total. The number of nitrogens with one attached hydrogen (secondary N) is 1. The predicted molar refractivity (Wildman–Crippen MR) is 89.5 cm³/mol. The Balaban J connectivity index is 2.05. The summed E-state index contributed by atoms with van der Waals surface area (Å²) in [5, 5.41) is 2.92. The molecule has 2 aromatic rings. The van der Waals surface area contributed by atoms with E-state index >= 15 is 0 Å². The molecule has 23 heavy (non-hydrogen) atoms. The van der Waals surface area contributed by atoms with Crippen LogP contribution in [0.1, 0.15) is 49.3 Å². The minimum atomic E-state index is -0.128. The maximum atomic E-state index is 12.3. The number of hydrogen-bond donors (Lipinski definition) is 1. The summed E-state index contributed by atoms with van der Waals surface area (Å²) in [5.74, 6) is 0.632. The van der Waals surface area contributed by atoms with Gasteiger partial charge >= 0.3 is 0 Å². The van der Waals surface area contributed by atoms with Crippen LogP contribution in [0.5, 0.6) is 5.75 Å². The molecule has 0 saturated carbocycles. The van der Waals surface area contributed by atoms with Crippen LogP contribution in [0.4, 0.5) is 0 Å². The van der Waals surface area contributed by atoms with Gasteiger partial charge in [0.1, 0.15) is 12.1 Å². The molecule has 1 aromatic carbocycles. The standard InChI is InChI=1S/C18H23N3O2/c1-5-23-15-8-6-13(7-9-15)17(22)20-11-14-10-19-12-21-16(14)18(2,3)4/h6-10,12H,5,11H2,1-4H3,(H,20,22). The number of hydrogen-bond acceptors (Lipinski definition) is 4. The van der Waals surface area contributed by atoms with Gasteiger partial charge in [0.2, 0.25) is 0 Å². The second-order valence-corrected chi connectivity index (χ2v) is 6.29. The predicted octanol–water partition coefficient (Wildman–Crippen LogP) is 3.10. The highest BCUT2D eigenvalue weighted by molar-refractivity contribution is 5.94. The van der Waals surface area contributed by atoms with E-state index in [0.717, 1.165) is 17.0 Å². The van der Waals surface area contributed by atoms with Crippen LogP contribution in [0, 0.1) is 0 Å². The first-order valence-electron chi connectivity index (χ1n) is 7.72. The quantitative estimate of drug-likeness (QED) is 0.921. The molecule has 0 fully saturated rings. The maximum absolute atomic E-state index is 12.3. The molecule has 1 heterocycles. The number of carbonyl (C=O) groups is 1. The van der Waals surface area contributed by atoms with Crippen molar-refractivity contribution in [3.8, 4) is 5.75 Å². The number of rotatable bonds is 5. The molecular formula is C18H23N3O2. The Bertz CT molecular complexity index is 661. The van der Waals surface area contributed by atoms with Crippen molar-refractivity contribution in [1.82, 2.24) is 15.3 Å². The number of aromatic nitrogens is 2. The highest BCUT2D eigenvalue weighted by Gasteiger charge is 2.20. The third-order valence-corrected chi connectivity index (χ3v) is 3.37. The Morgan fingerprint density at radius 1 is 1.22 bits per heavy atom. The molecule has 5 heteroatoms. The highest BCUT2D eigenvalue weighted by atomic mass is 16.5. The van der Waals surface area contributed by atoms with Crippen molar-refractivity contribution in [2.45, 2.75) is 39.7 Å². The summed E-state index contributed by atoms with van der Waals surface area (Å²) < 4.78 is 5.37. The van der Waals surface area contributed by atoms with Gasteiger partial charge in [-0.2, -0.15) is 0 Å². The van der Waals surface area contributed by atoms with Crippen LogP contribution in [0.3, 0.4) is 0 Å². The van der Waals surface area contributed by atoms with Crippen LogP contribution < -0.4 is 10.1 Å². The summed E-state index contributed by atoms with van der Waals surface area (Å²) in [5.41, 5.74) is 2.38. The van der Waals surface area contributed by atoms with E-state index in [2.05, 4.69) is 36.1 Å². The second kappa shape index (κ2) is 7.22. The largest absolute Gasteiger partial charge is 0.494 e. The Hall–Kier alpha value is -2.43. The highest BCUT2D eigenvalue weighted by Crippen LogP contribution is 2.22. The van der Waals surface area contributed by atoms with Crippen molar-refractivity contribution < 1.29 is 9.53 Å². The maximum Gasteiger partial charge on any atom is 0.251 e. The van der Waals surface area contributed by atoms with Crippen molar-refractivity contribution >= 4 is 5.91 Å². The van der Waals surface area contributed by atoms with Crippen molar-refractivity contribution in [3.05, 3.63) is 53.6 Å². The lowest BCUT2D eigenvalue weighted by Crippen LogP contribution is -2.26. The van der Waals surface area contributed by atoms with E-state index in [1.54, 1.807) is 36.8 Å². The summed E-state index contributed by atoms with van der Waals surface area (Å²) >= 11 is 0. The lowest BCUT2D eigenvalue weighted by atomic mass is 9.89. The molecule has 0 aliphatic heterocycles. The van der Waals surface area contributed by atoms with E-state index in [9.17, 15) is 4.79 Å². The zero-order valence-corrected chi connectivity index (χ0v) is 14.1.